The minimum Gasteiger partial charge on any atom is -0.399 e. The maximum Gasteiger partial charge on any atom is 0.0317 e. The molecule has 0 saturated carbocycles. The normalized spacial score (nSPS) is 17.0. The van der Waals surface area contributed by atoms with Gasteiger partial charge in [0.25, 0.3) is 0 Å². The first-order chi connectivity index (χ1) is 10.3. The van der Waals surface area contributed by atoms with E-state index in [1.165, 1.54) is 43.5 Å². The maximum absolute atomic E-state index is 5.85. The van der Waals surface area contributed by atoms with Gasteiger partial charge in [0.05, 0.1) is 0 Å². The van der Waals surface area contributed by atoms with E-state index in [-0.39, 0.29) is 0 Å². The fraction of sp³-hybridized carbons (Fsp3) is 0.368. The topological polar surface area (TPSA) is 29.3 Å². The fourth-order valence-electron chi connectivity index (χ4n) is 3.25. The number of likely N-dealkylation sites (tertiary alicyclic amines) is 1. The minimum absolute atomic E-state index is 0.837. The second kappa shape index (κ2) is 6.77. The lowest BCUT2D eigenvalue weighted by Crippen LogP contribution is -2.33. The molecule has 110 valence electrons. The lowest BCUT2D eigenvalue weighted by molar-refractivity contribution is 0.177. The van der Waals surface area contributed by atoms with Crippen molar-refractivity contribution in [2.45, 2.75) is 25.8 Å². The summed E-state index contributed by atoms with van der Waals surface area (Å²) in [6.07, 6.45) is 3.83. The molecule has 2 aromatic rings. The van der Waals surface area contributed by atoms with E-state index in [1.807, 2.05) is 12.1 Å². The van der Waals surface area contributed by atoms with Crippen LogP contribution in [-0.2, 0) is 13.0 Å². The largest absolute Gasteiger partial charge is 0.399 e. The van der Waals surface area contributed by atoms with E-state index >= 15 is 0 Å². The van der Waals surface area contributed by atoms with E-state index in [0.29, 0.717) is 0 Å². The highest BCUT2D eigenvalue weighted by Gasteiger charge is 2.19. The highest BCUT2D eigenvalue weighted by molar-refractivity contribution is 5.40. The van der Waals surface area contributed by atoms with Crippen molar-refractivity contribution in [3.05, 3.63) is 65.7 Å². The predicted octanol–water partition coefficient (Wildman–Crippen LogP) is 3.72. The van der Waals surface area contributed by atoms with Crippen molar-refractivity contribution in [2.24, 2.45) is 5.92 Å². The van der Waals surface area contributed by atoms with E-state index < -0.39 is 0 Å². The summed E-state index contributed by atoms with van der Waals surface area (Å²) in [4.78, 5) is 2.55. The van der Waals surface area contributed by atoms with E-state index in [9.17, 15) is 0 Å². The molecular formula is C19H24N2. The Hall–Kier alpha value is -1.80. The van der Waals surface area contributed by atoms with Crippen LogP contribution in [0.1, 0.15) is 24.0 Å². The number of anilines is 1. The molecule has 0 atom stereocenters. The Morgan fingerprint density at radius 2 is 1.62 bits per heavy atom. The molecule has 1 aliphatic heterocycles. The van der Waals surface area contributed by atoms with Crippen molar-refractivity contribution in [1.29, 1.82) is 0 Å². The lowest BCUT2D eigenvalue weighted by atomic mass is 9.90. The van der Waals surface area contributed by atoms with Crippen LogP contribution in [0, 0.1) is 5.92 Å². The van der Waals surface area contributed by atoms with E-state index in [1.54, 1.807) is 0 Å². The summed E-state index contributed by atoms with van der Waals surface area (Å²) in [5.41, 5.74) is 9.53. The number of benzene rings is 2. The summed E-state index contributed by atoms with van der Waals surface area (Å²) in [5.74, 6) is 0.837. The molecule has 1 saturated heterocycles. The molecule has 2 heteroatoms. The number of nitrogens with zero attached hydrogens (tertiary/aromatic N) is 1. The Bertz CT molecular complexity index is 557. The quantitative estimate of drug-likeness (QED) is 0.865. The van der Waals surface area contributed by atoms with Crippen molar-refractivity contribution < 1.29 is 0 Å². The van der Waals surface area contributed by atoms with Gasteiger partial charge >= 0.3 is 0 Å². The summed E-state index contributed by atoms with van der Waals surface area (Å²) in [5, 5.41) is 0. The molecule has 21 heavy (non-hydrogen) atoms. The molecule has 1 fully saturated rings. The van der Waals surface area contributed by atoms with Crippen molar-refractivity contribution in [3.63, 3.8) is 0 Å². The first kappa shape index (κ1) is 14.2. The molecule has 1 heterocycles. The third kappa shape index (κ3) is 4.08. The number of rotatable bonds is 4. The van der Waals surface area contributed by atoms with Gasteiger partial charge in [0, 0.05) is 12.2 Å². The molecular weight excluding hydrogens is 256 g/mol. The maximum atomic E-state index is 5.85. The predicted molar refractivity (Wildman–Crippen MR) is 89.0 cm³/mol. The molecule has 0 amide bonds. The summed E-state index contributed by atoms with van der Waals surface area (Å²) in [7, 11) is 0. The zero-order valence-electron chi connectivity index (χ0n) is 12.5. The Morgan fingerprint density at radius 3 is 2.33 bits per heavy atom. The number of hydrogen-bond acceptors (Lipinski definition) is 2. The second-order valence-electron chi connectivity index (χ2n) is 6.15. The van der Waals surface area contributed by atoms with Gasteiger partial charge in [-0.2, -0.15) is 0 Å². The monoisotopic (exact) mass is 280 g/mol. The van der Waals surface area contributed by atoms with Crippen molar-refractivity contribution in [2.75, 3.05) is 18.8 Å². The molecule has 2 nitrogen and oxygen atoms in total. The SMILES string of the molecule is Nc1cccc(CN2CCC(Cc3ccccc3)CC2)c1. The first-order valence-electron chi connectivity index (χ1n) is 7.90. The summed E-state index contributed by atoms with van der Waals surface area (Å²) < 4.78 is 0. The van der Waals surface area contributed by atoms with Gasteiger partial charge in [-0.05, 0) is 61.5 Å². The van der Waals surface area contributed by atoms with E-state index in [0.717, 1.165) is 18.2 Å². The molecule has 0 aromatic heterocycles. The highest BCUT2D eigenvalue weighted by atomic mass is 15.1. The van der Waals surface area contributed by atoms with Gasteiger partial charge in [-0.25, -0.2) is 0 Å². The number of piperidine rings is 1. The van der Waals surface area contributed by atoms with Gasteiger partial charge < -0.3 is 5.73 Å². The fourth-order valence-corrected chi connectivity index (χ4v) is 3.25. The third-order valence-electron chi connectivity index (χ3n) is 4.43. The smallest absolute Gasteiger partial charge is 0.0317 e. The molecule has 0 spiro atoms. The second-order valence-corrected chi connectivity index (χ2v) is 6.15. The van der Waals surface area contributed by atoms with Crippen molar-refractivity contribution in [1.82, 2.24) is 4.90 Å². The van der Waals surface area contributed by atoms with Gasteiger partial charge in [0.2, 0.25) is 0 Å². The van der Waals surface area contributed by atoms with Crippen LogP contribution in [0.5, 0.6) is 0 Å². The third-order valence-corrected chi connectivity index (χ3v) is 4.43. The van der Waals surface area contributed by atoms with Crippen LogP contribution in [-0.4, -0.2) is 18.0 Å². The number of hydrogen-bond donors (Lipinski definition) is 1. The first-order valence-corrected chi connectivity index (χ1v) is 7.90. The molecule has 0 radical (unpaired) electrons. The van der Waals surface area contributed by atoms with Crippen LogP contribution in [0.3, 0.4) is 0 Å². The molecule has 0 unspecified atom stereocenters. The average Bonchev–Trinajstić information content (AvgIpc) is 2.50. The van der Waals surface area contributed by atoms with Gasteiger partial charge in [-0.15, -0.1) is 0 Å². The molecule has 0 bridgehead atoms. The Balaban J connectivity index is 1.49. The summed E-state index contributed by atoms with van der Waals surface area (Å²) >= 11 is 0. The van der Waals surface area contributed by atoms with Crippen molar-refractivity contribution >= 4 is 5.69 Å². The lowest BCUT2D eigenvalue weighted by Gasteiger charge is -2.32. The summed E-state index contributed by atoms with van der Waals surface area (Å²) in [6.45, 7) is 3.43. The van der Waals surface area contributed by atoms with Gasteiger partial charge in [-0.1, -0.05) is 42.5 Å². The van der Waals surface area contributed by atoms with Crippen LogP contribution >= 0.6 is 0 Å². The van der Waals surface area contributed by atoms with Crippen molar-refractivity contribution in [3.8, 4) is 0 Å². The molecule has 2 N–H and O–H groups in total. The zero-order valence-corrected chi connectivity index (χ0v) is 12.5. The average molecular weight is 280 g/mol. The van der Waals surface area contributed by atoms with Gasteiger partial charge in [0.15, 0.2) is 0 Å². The highest BCUT2D eigenvalue weighted by Crippen LogP contribution is 2.23. The Labute approximate surface area is 127 Å². The molecule has 3 rings (SSSR count). The minimum atomic E-state index is 0.837. The number of nitrogens with two attached hydrogens (primary N) is 1. The van der Waals surface area contributed by atoms with E-state index in [4.69, 9.17) is 5.73 Å². The Morgan fingerprint density at radius 1 is 0.905 bits per heavy atom. The van der Waals surface area contributed by atoms with Crippen LogP contribution in [0.15, 0.2) is 54.6 Å². The number of nitrogen functional groups attached to an aromatic ring is 1. The van der Waals surface area contributed by atoms with Crippen LogP contribution < -0.4 is 5.73 Å². The Kier molecular flexibility index (Phi) is 4.56. The van der Waals surface area contributed by atoms with Crippen LogP contribution in [0.4, 0.5) is 5.69 Å². The summed E-state index contributed by atoms with van der Waals surface area (Å²) in [6, 6.07) is 19.1. The zero-order chi connectivity index (χ0) is 14.5. The van der Waals surface area contributed by atoms with E-state index in [2.05, 4.69) is 47.4 Å². The molecule has 2 aromatic carbocycles. The van der Waals surface area contributed by atoms with Crippen LogP contribution in [0.2, 0.25) is 0 Å². The molecule has 1 aliphatic rings. The van der Waals surface area contributed by atoms with Gasteiger partial charge in [0.1, 0.15) is 0 Å². The standard InChI is InChI=1S/C19H24N2/c20-19-8-4-7-18(14-19)15-21-11-9-17(10-12-21)13-16-5-2-1-3-6-16/h1-8,14,17H,9-13,15,20H2. The van der Waals surface area contributed by atoms with Crippen LogP contribution in [0.25, 0.3) is 0 Å². The van der Waals surface area contributed by atoms with Gasteiger partial charge in [-0.3, -0.25) is 4.90 Å². The molecule has 0 aliphatic carbocycles.